The molecule has 0 N–H and O–H groups in total. The van der Waals surface area contributed by atoms with E-state index in [1.54, 1.807) is 13.0 Å². The highest BCUT2D eigenvalue weighted by Crippen LogP contribution is 2.25. The molecule has 0 aromatic heterocycles. The number of methoxy groups -OCH3 is 1. The molecule has 0 unspecified atom stereocenters. The van der Waals surface area contributed by atoms with Gasteiger partial charge in [0.05, 0.1) is 7.11 Å². The first-order valence-corrected chi connectivity index (χ1v) is 6.03. The van der Waals surface area contributed by atoms with Gasteiger partial charge in [-0.3, -0.25) is 0 Å². The lowest BCUT2D eigenvalue weighted by Gasteiger charge is -2.12. The number of benzene rings is 1. The minimum absolute atomic E-state index is 0.323. The number of para-hydroxylation sites is 1. The van der Waals surface area contributed by atoms with E-state index in [2.05, 4.69) is 24.7 Å². The molecular weight excluding hydrogens is 228 g/mol. The normalized spacial score (nSPS) is 11.5. The summed E-state index contributed by atoms with van der Waals surface area (Å²) in [5, 5.41) is 0. The van der Waals surface area contributed by atoms with Crippen molar-refractivity contribution in [3.63, 3.8) is 0 Å². The lowest BCUT2D eigenvalue weighted by Crippen LogP contribution is -2.05. The van der Waals surface area contributed by atoms with Crippen LogP contribution in [-0.4, -0.2) is 19.7 Å². The topological polar surface area (TPSA) is 35.5 Å². The van der Waals surface area contributed by atoms with Crippen molar-refractivity contribution in [2.24, 2.45) is 0 Å². The zero-order valence-corrected chi connectivity index (χ0v) is 11.4. The lowest BCUT2D eigenvalue weighted by atomic mass is 10.0. The summed E-state index contributed by atoms with van der Waals surface area (Å²) in [6, 6.07) is 7.93. The van der Waals surface area contributed by atoms with Gasteiger partial charge in [-0.05, 0) is 30.5 Å². The number of esters is 1. The van der Waals surface area contributed by atoms with Crippen molar-refractivity contribution in [3.05, 3.63) is 41.5 Å². The molecule has 0 saturated heterocycles. The van der Waals surface area contributed by atoms with Gasteiger partial charge in [0, 0.05) is 5.57 Å². The molecular formula is C15H20O3. The molecule has 0 bridgehead atoms. The molecule has 0 aliphatic heterocycles. The smallest absolute Gasteiger partial charge is 0.333 e. The maximum absolute atomic E-state index is 11.2. The van der Waals surface area contributed by atoms with Crippen LogP contribution in [0.3, 0.4) is 0 Å². The summed E-state index contributed by atoms with van der Waals surface area (Å²) in [5.41, 5.74) is 1.72. The fourth-order valence-electron chi connectivity index (χ4n) is 1.59. The van der Waals surface area contributed by atoms with E-state index in [0.29, 0.717) is 18.1 Å². The highest BCUT2D eigenvalue weighted by atomic mass is 16.5. The van der Waals surface area contributed by atoms with Crippen molar-refractivity contribution in [1.29, 1.82) is 0 Å². The van der Waals surface area contributed by atoms with E-state index in [0.717, 1.165) is 5.75 Å². The summed E-state index contributed by atoms with van der Waals surface area (Å²) in [4.78, 5) is 11.2. The van der Waals surface area contributed by atoms with Crippen molar-refractivity contribution < 1.29 is 14.3 Å². The molecule has 0 heterocycles. The average molecular weight is 248 g/mol. The summed E-state index contributed by atoms with van der Waals surface area (Å²) < 4.78 is 10.3. The third-order valence-corrected chi connectivity index (χ3v) is 2.68. The van der Waals surface area contributed by atoms with Gasteiger partial charge >= 0.3 is 5.97 Å². The van der Waals surface area contributed by atoms with E-state index >= 15 is 0 Å². The number of rotatable bonds is 5. The monoisotopic (exact) mass is 248 g/mol. The Hall–Kier alpha value is -1.77. The second kappa shape index (κ2) is 6.84. The van der Waals surface area contributed by atoms with Crippen LogP contribution in [0.5, 0.6) is 5.75 Å². The van der Waals surface area contributed by atoms with E-state index in [9.17, 15) is 4.79 Å². The molecule has 1 aromatic rings. The Bertz CT molecular complexity index is 433. The average Bonchev–Trinajstić information content (AvgIpc) is 2.38. The summed E-state index contributed by atoms with van der Waals surface area (Å²) in [6.07, 6.45) is 1.73. The number of hydrogen-bond acceptors (Lipinski definition) is 3. The van der Waals surface area contributed by atoms with Crippen LogP contribution in [0.2, 0.25) is 0 Å². The first-order chi connectivity index (χ1) is 8.56. The molecule has 0 atom stereocenters. The first kappa shape index (κ1) is 14.3. The Morgan fingerprint density at radius 1 is 1.33 bits per heavy atom. The third kappa shape index (κ3) is 3.91. The molecule has 0 amide bonds. The van der Waals surface area contributed by atoms with Crippen molar-refractivity contribution in [2.45, 2.75) is 26.7 Å². The number of hydrogen-bond donors (Lipinski definition) is 0. The summed E-state index contributed by atoms with van der Waals surface area (Å²) in [7, 11) is 1.37. The van der Waals surface area contributed by atoms with Crippen molar-refractivity contribution in [2.75, 3.05) is 13.7 Å². The Balaban J connectivity index is 2.67. The predicted octanol–water partition coefficient (Wildman–Crippen LogP) is 3.31. The van der Waals surface area contributed by atoms with Crippen LogP contribution >= 0.6 is 0 Å². The summed E-state index contributed by atoms with van der Waals surface area (Å²) in [6.45, 7) is 6.32. The largest absolute Gasteiger partial charge is 0.489 e. The highest BCUT2D eigenvalue weighted by Gasteiger charge is 2.06. The Morgan fingerprint density at radius 3 is 2.61 bits per heavy atom. The number of ether oxygens (including phenoxy) is 2. The quantitative estimate of drug-likeness (QED) is 0.592. The van der Waals surface area contributed by atoms with Gasteiger partial charge in [-0.1, -0.05) is 32.0 Å². The molecule has 18 heavy (non-hydrogen) atoms. The van der Waals surface area contributed by atoms with Gasteiger partial charge in [0.2, 0.25) is 0 Å². The second-order valence-corrected chi connectivity index (χ2v) is 4.38. The highest BCUT2D eigenvalue weighted by molar-refractivity contribution is 5.87. The van der Waals surface area contributed by atoms with Crippen LogP contribution in [0, 0.1) is 0 Å². The van der Waals surface area contributed by atoms with Gasteiger partial charge in [-0.2, -0.15) is 0 Å². The Morgan fingerprint density at radius 2 is 2.00 bits per heavy atom. The molecule has 1 rings (SSSR count). The molecule has 0 aliphatic carbocycles. The minimum atomic E-state index is -0.323. The molecule has 0 radical (unpaired) electrons. The SMILES string of the molecule is COC(=O)C(C)=CCOc1ccccc1C(C)C. The van der Waals surface area contributed by atoms with Crippen LogP contribution < -0.4 is 4.74 Å². The number of carbonyl (C=O) groups excluding carboxylic acids is 1. The fourth-order valence-corrected chi connectivity index (χ4v) is 1.59. The standard InChI is InChI=1S/C15H20O3/c1-11(2)13-7-5-6-8-14(13)18-10-9-12(3)15(16)17-4/h5-9,11H,10H2,1-4H3. The predicted molar refractivity (Wildman–Crippen MR) is 71.8 cm³/mol. The van der Waals surface area contributed by atoms with Crippen molar-refractivity contribution in [1.82, 2.24) is 0 Å². The zero-order valence-electron chi connectivity index (χ0n) is 11.4. The van der Waals surface area contributed by atoms with Gasteiger partial charge in [0.15, 0.2) is 0 Å². The summed E-state index contributed by atoms with van der Waals surface area (Å²) >= 11 is 0. The van der Waals surface area contributed by atoms with Gasteiger partial charge in [-0.25, -0.2) is 4.79 Å². The molecule has 98 valence electrons. The van der Waals surface area contributed by atoms with Crippen LogP contribution in [0.1, 0.15) is 32.3 Å². The Kier molecular flexibility index (Phi) is 5.43. The van der Waals surface area contributed by atoms with E-state index in [4.69, 9.17) is 4.74 Å². The maximum atomic E-state index is 11.2. The van der Waals surface area contributed by atoms with Crippen molar-refractivity contribution >= 4 is 5.97 Å². The van der Waals surface area contributed by atoms with E-state index in [-0.39, 0.29) is 5.97 Å². The third-order valence-electron chi connectivity index (χ3n) is 2.68. The second-order valence-electron chi connectivity index (χ2n) is 4.38. The molecule has 3 nitrogen and oxygen atoms in total. The van der Waals surface area contributed by atoms with Gasteiger partial charge < -0.3 is 9.47 Å². The number of carbonyl (C=O) groups is 1. The van der Waals surface area contributed by atoms with E-state index in [1.807, 2.05) is 18.2 Å². The zero-order chi connectivity index (χ0) is 13.5. The molecule has 0 saturated carbocycles. The fraction of sp³-hybridized carbons (Fsp3) is 0.400. The maximum Gasteiger partial charge on any atom is 0.333 e. The van der Waals surface area contributed by atoms with Crippen molar-refractivity contribution in [3.8, 4) is 5.75 Å². The van der Waals surface area contributed by atoms with Crippen LogP contribution in [0.25, 0.3) is 0 Å². The van der Waals surface area contributed by atoms with Gasteiger partial charge in [-0.15, -0.1) is 0 Å². The Labute approximate surface area is 108 Å². The summed E-state index contributed by atoms with van der Waals surface area (Å²) in [5.74, 6) is 0.948. The molecule has 0 aliphatic rings. The van der Waals surface area contributed by atoms with Crippen LogP contribution in [-0.2, 0) is 9.53 Å². The van der Waals surface area contributed by atoms with Gasteiger partial charge in [0.1, 0.15) is 12.4 Å². The van der Waals surface area contributed by atoms with Crippen LogP contribution in [0.4, 0.5) is 0 Å². The van der Waals surface area contributed by atoms with E-state index < -0.39 is 0 Å². The van der Waals surface area contributed by atoms with E-state index in [1.165, 1.54) is 12.7 Å². The minimum Gasteiger partial charge on any atom is -0.489 e. The van der Waals surface area contributed by atoms with Gasteiger partial charge in [0.25, 0.3) is 0 Å². The van der Waals surface area contributed by atoms with Crippen LogP contribution in [0.15, 0.2) is 35.9 Å². The molecule has 3 heteroatoms. The molecule has 0 spiro atoms. The molecule has 0 fully saturated rings. The first-order valence-electron chi connectivity index (χ1n) is 6.03. The lowest BCUT2D eigenvalue weighted by molar-refractivity contribution is -0.136. The molecule has 1 aromatic carbocycles.